The quantitative estimate of drug-likeness (QED) is 0.881. The Hall–Kier alpha value is -1.89. The molecule has 2 saturated heterocycles. The Labute approximate surface area is 158 Å². The maximum Gasteiger partial charge on any atom is 0.227 e. The van der Waals surface area contributed by atoms with Crippen LogP contribution in [0.1, 0.15) is 24.1 Å². The summed E-state index contributed by atoms with van der Waals surface area (Å²) in [4.78, 5) is 11.5. The molecule has 2 aromatic rings. The molecular weight excluding hydrogens is 352 g/mol. The highest BCUT2D eigenvalue weighted by Gasteiger charge is 2.40. The number of nitrogens with one attached hydrogen (secondary N) is 1. The van der Waals surface area contributed by atoms with Gasteiger partial charge in [0.25, 0.3) is 0 Å². The Kier molecular flexibility index (Phi) is 4.73. The molecule has 1 aromatic carbocycles. The minimum Gasteiger partial charge on any atom is -0.347 e. The van der Waals surface area contributed by atoms with Gasteiger partial charge in [-0.3, -0.25) is 0 Å². The number of nitrogens with zero attached hydrogens (tertiary/aromatic N) is 3. The first-order chi connectivity index (χ1) is 12.5. The summed E-state index contributed by atoms with van der Waals surface area (Å²) in [6.45, 7) is 7.03. The van der Waals surface area contributed by atoms with Gasteiger partial charge in [0.2, 0.25) is 5.95 Å². The van der Waals surface area contributed by atoms with E-state index in [1.165, 1.54) is 0 Å². The average molecular weight is 375 g/mol. The van der Waals surface area contributed by atoms with E-state index in [2.05, 4.69) is 15.2 Å². The van der Waals surface area contributed by atoms with Gasteiger partial charge in [0.1, 0.15) is 5.82 Å². The van der Waals surface area contributed by atoms with Crippen molar-refractivity contribution in [2.75, 3.05) is 36.5 Å². The predicted octanol–water partition coefficient (Wildman–Crippen LogP) is 3.83. The molecule has 26 heavy (non-hydrogen) atoms. The standard InChI is InChI=1S/C19H23ClN4O2/c1-13-11-15(20)3-4-16(13)22-17-12-14(2)21-18(23-17)24-7-5-19(6-8-24)25-9-10-26-19/h3-4,11-12H,5-10H2,1-2H3,(H,21,22,23). The van der Waals surface area contributed by atoms with Crippen LogP contribution in [0, 0.1) is 13.8 Å². The van der Waals surface area contributed by atoms with Crippen molar-refractivity contribution in [1.29, 1.82) is 0 Å². The molecule has 2 aliphatic heterocycles. The van der Waals surface area contributed by atoms with Gasteiger partial charge in [-0.1, -0.05) is 11.6 Å². The van der Waals surface area contributed by atoms with E-state index in [1.807, 2.05) is 38.1 Å². The maximum absolute atomic E-state index is 6.04. The molecule has 6 nitrogen and oxygen atoms in total. The highest BCUT2D eigenvalue weighted by Crippen LogP contribution is 2.33. The number of rotatable bonds is 3. The fourth-order valence-corrected chi connectivity index (χ4v) is 3.72. The lowest BCUT2D eigenvalue weighted by atomic mass is 10.0. The van der Waals surface area contributed by atoms with E-state index in [4.69, 9.17) is 26.1 Å². The number of hydrogen-bond donors (Lipinski definition) is 1. The summed E-state index contributed by atoms with van der Waals surface area (Å²) in [6.07, 6.45) is 1.67. The van der Waals surface area contributed by atoms with Crippen molar-refractivity contribution in [3.8, 4) is 0 Å². The van der Waals surface area contributed by atoms with Gasteiger partial charge in [0.05, 0.1) is 13.2 Å². The van der Waals surface area contributed by atoms with Crippen molar-refractivity contribution in [3.05, 3.63) is 40.5 Å². The van der Waals surface area contributed by atoms with Gasteiger partial charge in [0, 0.05) is 48.4 Å². The van der Waals surface area contributed by atoms with E-state index in [9.17, 15) is 0 Å². The number of aromatic nitrogens is 2. The minimum atomic E-state index is -0.387. The lowest BCUT2D eigenvalue weighted by Gasteiger charge is -2.37. The van der Waals surface area contributed by atoms with Crippen LogP contribution in [-0.4, -0.2) is 42.1 Å². The van der Waals surface area contributed by atoms with Crippen LogP contribution < -0.4 is 10.2 Å². The number of ether oxygens (including phenoxy) is 2. The molecule has 2 fully saturated rings. The Bertz CT molecular complexity index is 798. The van der Waals surface area contributed by atoms with E-state index in [-0.39, 0.29) is 5.79 Å². The fraction of sp³-hybridized carbons (Fsp3) is 0.474. The summed E-state index contributed by atoms with van der Waals surface area (Å²) in [7, 11) is 0. The molecule has 3 heterocycles. The second kappa shape index (κ2) is 7.02. The van der Waals surface area contributed by atoms with Gasteiger partial charge in [-0.2, -0.15) is 4.98 Å². The van der Waals surface area contributed by atoms with Crippen molar-refractivity contribution in [1.82, 2.24) is 9.97 Å². The number of anilines is 3. The lowest BCUT2D eigenvalue weighted by molar-refractivity contribution is -0.169. The third-order valence-electron chi connectivity index (χ3n) is 4.92. The van der Waals surface area contributed by atoms with Crippen molar-refractivity contribution < 1.29 is 9.47 Å². The Morgan fingerprint density at radius 3 is 2.50 bits per heavy atom. The molecule has 4 rings (SSSR count). The van der Waals surface area contributed by atoms with Crippen LogP contribution >= 0.6 is 11.6 Å². The number of piperidine rings is 1. The van der Waals surface area contributed by atoms with Crippen LogP contribution in [0.15, 0.2) is 24.3 Å². The lowest BCUT2D eigenvalue weighted by Crippen LogP contribution is -2.45. The van der Waals surface area contributed by atoms with Crippen molar-refractivity contribution in [3.63, 3.8) is 0 Å². The molecule has 138 valence electrons. The zero-order valence-electron chi connectivity index (χ0n) is 15.1. The van der Waals surface area contributed by atoms with Crippen LogP contribution in [0.4, 0.5) is 17.5 Å². The Balaban J connectivity index is 1.51. The van der Waals surface area contributed by atoms with Gasteiger partial charge >= 0.3 is 0 Å². The van der Waals surface area contributed by atoms with Gasteiger partial charge in [-0.05, 0) is 37.6 Å². The van der Waals surface area contributed by atoms with E-state index >= 15 is 0 Å². The fourth-order valence-electron chi connectivity index (χ4n) is 3.50. The molecule has 7 heteroatoms. The Morgan fingerprint density at radius 1 is 1.08 bits per heavy atom. The van der Waals surface area contributed by atoms with Crippen LogP contribution in [0.25, 0.3) is 0 Å². The van der Waals surface area contributed by atoms with Gasteiger partial charge in [0.15, 0.2) is 5.79 Å². The van der Waals surface area contributed by atoms with Crippen LogP contribution in [0.3, 0.4) is 0 Å². The molecule has 0 amide bonds. The SMILES string of the molecule is Cc1cc(Nc2ccc(Cl)cc2C)nc(N2CCC3(CC2)OCCO3)n1. The molecular formula is C19H23ClN4O2. The third-order valence-corrected chi connectivity index (χ3v) is 5.15. The molecule has 0 radical (unpaired) electrons. The number of benzene rings is 1. The predicted molar refractivity (Wildman–Crippen MR) is 102 cm³/mol. The first-order valence-electron chi connectivity index (χ1n) is 8.95. The molecule has 1 spiro atoms. The summed E-state index contributed by atoms with van der Waals surface area (Å²) in [6, 6.07) is 7.72. The van der Waals surface area contributed by atoms with Crippen LogP contribution in [-0.2, 0) is 9.47 Å². The topological polar surface area (TPSA) is 59.5 Å². The highest BCUT2D eigenvalue weighted by atomic mass is 35.5. The monoisotopic (exact) mass is 374 g/mol. The van der Waals surface area contributed by atoms with E-state index in [0.29, 0.717) is 13.2 Å². The average Bonchev–Trinajstić information content (AvgIpc) is 3.06. The number of halogens is 1. The molecule has 0 unspecified atom stereocenters. The summed E-state index contributed by atoms with van der Waals surface area (Å²) in [5.41, 5.74) is 2.99. The summed E-state index contributed by atoms with van der Waals surface area (Å²) >= 11 is 6.04. The van der Waals surface area contributed by atoms with Gasteiger partial charge in [-0.25, -0.2) is 4.98 Å². The smallest absolute Gasteiger partial charge is 0.227 e. The maximum atomic E-state index is 6.04. The van der Waals surface area contributed by atoms with E-state index in [0.717, 1.165) is 59.7 Å². The Morgan fingerprint density at radius 2 is 1.81 bits per heavy atom. The second-order valence-electron chi connectivity index (χ2n) is 6.87. The molecule has 0 bridgehead atoms. The normalized spacial score (nSPS) is 19.1. The molecule has 2 aliphatic rings. The van der Waals surface area contributed by atoms with Crippen LogP contribution in [0.2, 0.25) is 5.02 Å². The second-order valence-corrected chi connectivity index (χ2v) is 7.31. The molecule has 1 N–H and O–H groups in total. The van der Waals surface area contributed by atoms with Crippen molar-refractivity contribution >= 4 is 29.1 Å². The van der Waals surface area contributed by atoms with Crippen molar-refractivity contribution in [2.24, 2.45) is 0 Å². The first-order valence-corrected chi connectivity index (χ1v) is 9.33. The highest BCUT2D eigenvalue weighted by molar-refractivity contribution is 6.30. The van der Waals surface area contributed by atoms with Crippen LogP contribution in [0.5, 0.6) is 0 Å². The summed E-state index contributed by atoms with van der Waals surface area (Å²) in [5.74, 6) is 1.14. The first kappa shape index (κ1) is 17.5. The number of hydrogen-bond acceptors (Lipinski definition) is 6. The largest absolute Gasteiger partial charge is 0.347 e. The molecule has 0 aliphatic carbocycles. The zero-order chi connectivity index (χ0) is 18.1. The van der Waals surface area contributed by atoms with Gasteiger partial charge in [-0.15, -0.1) is 0 Å². The summed E-state index contributed by atoms with van der Waals surface area (Å²) < 4.78 is 11.6. The minimum absolute atomic E-state index is 0.387. The number of aryl methyl sites for hydroxylation is 2. The molecule has 0 atom stereocenters. The van der Waals surface area contributed by atoms with Crippen molar-refractivity contribution in [2.45, 2.75) is 32.5 Å². The van der Waals surface area contributed by atoms with Gasteiger partial charge < -0.3 is 19.7 Å². The zero-order valence-corrected chi connectivity index (χ0v) is 15.8. The summed E-state index contributed by atoms with van der Waals surface area (Å²) in [5, 5.41) is 4.11. The third kappa shape index (κ3) is 3.63. The molecule has 0 saturated carbocycles. The van der Waals surface area contributed by atoms with E-state index < -0.39 is 0 Å². The molecule has 1 aromatic heterocycles. The van der Waals surface area contributed by atoms with E-state index in [1.54, 1.807) is 0 Å².